The molecule has 5 heteroatoms. The number of carbonyl (C=O) groups excluding carboxylic acids is 1. The van der Waals surface area contributed by atoms with Gasteiger partial charge in [-0.25, -0.2) is 0 Å². The topological polar surface area (TPSA) is 58.6 Å². The largest absolute Gasteiger partial charge is 0.507 e. The number of thioether (sulfide) groups is 1. The van der Waals surface area contributed by atoms with Gasteiger partial charge in [0.2, 0.25) is 0 Å². The second kappa shape index (κ2) is 6.30. The van der Waals surface area contributed by atoms with Gasteiger partial charge in [-0.3, -0.25) is 4.79 Å². The maximum Gasteiger partial charge on any atom is 0.251 e. The fourth-order valence-corrected chi connectivity index (χ4v) is 5.08. The van der Waals surface area contributed by atoms with E-state index in [2.05, 4.69) is 5.32 Å². The van der Waals surface area contributed by atoms with Crippen molar-refractivity contribution >= 4 is 28.4 Å². The summed E-state index contributed by atoms with van der Waals surface area (Å²) in [5.74, 6) is 2.19. The third-order valence-corrected chi connectivity index (χ3v) is 6.22. The molecule has 0 aromatic heterocycles. The summed E-state index contributed by atoms with van der Waals surface area (Å²) in [6.45, 7) is 0.703. The van der Waals surface area contributed by atoms with Crippen molar-refractivity contribution in [1.29, 1.82) is 0 Å². The predicted octanol–water partition coefficient (Wildman–Crippen LogP) is 3.33. The number of phenolic OH excluding ortho intramolecular Hbond substituents is 1. The number of ether oxygens (including phenoxy) is 1. The number of aromatic hydroxyl groups is 1. The van der Waals surface area contributed by atoms with E-state index in [0.29, 0.717) is 12.2 Å². The molecule has 2 saturated heterocycles. The van der Waals surface area contributed by atoms with E-state index >= 15 is 0 Å². The molecule has 4 rings (SSSR count). The molecule has 2 N–H and O–H groups in total. The van der Waals surface area contributed by atoms with Crippen molar-refractivity contribution in [3.63, 3.8) is 0 Å². The van der Waals surface area contributed by atoms with Crippen molar-refractivity contribution in [3.05, 3.63) is 42.0 Å². The second-order valence-corrected chi connectivity index (χ2v) is 7.82. The average Bonchev–Trinajstić information content (AvgIpc) is 3.02. The minimum Gasteiger partial charge on any atom is -0.507 e. The summed E-state index contributed by atoms with van der Waals surface area (Å²) in [7, 11) is 0. The zero-order valence-corrected chi connectivity index (χ0v) is 14.3. The zero-order chi connectivity index (χ0) is 16.6. The molecule has 2 aromatic rings. The fourth-order valence-electron chi connectivity index (χ4n) is 3.70. The molecule has 0 radical (unpaired) electrons. The summed E-state index contributed by atoms with van der Waals surface area (Å²) >= 11 is 1.93. The van der Waals surface area contributed by atoms with Crippen LogP contribution in [0.4, 0.5) is 0 Å². The van der Waals surface area contributed by atoms with E-state index in [-0.39, 0.29) is 23.3 Å². The van der Waals surface area contributed by atoms with Gasteiger partial charge in [-0.15, -0.1) is 0 Å². The zero-order valence-electron chi connectivity index (χ0n) is 13.5. The van der Waals surface area contributed by atoms with E-state index in [1.807, 2.05) is 42.1 Å². The van der Waals surface area contributed by atoms with Crippen LogP contribution in [0.1, 0.15) is 29.6 Å². The van der Waals surface area contributed by atoms with Crippen molar-refractivity contribution in [2.75, 3.05) is 18.1 Å². The summed E-state index contributed by atoms with van der Waals surface area (Å²) in [5.41, 5.74) is 0.458. The van der Waals surface area contributed by atoms with Crippen molar-refractivity contribution in [1.82, 2.24) is 5.32 Å². The number of phenols is 1. The molecule has 0 aliphatic carbocycles. The van der Waals surface area contributed by atoms with Crippen LogP contribution in [-0.4, -0.2) is 40.8 Å². The predicted molar refractivity (Wildman–Crippen MR) is 96.7 cm³/mol. The first-order valence-electron chi connectivity index (χ1n) is 8.40. The first-order valence-corrected chi connectivity index (χ1v) is 9.55. The Bertz CT molecular complexity index is 770. The van der Waals surface area contributed by atoms with Gasteiger partial charge in [0.15, 0.2) is 0 Å². The Balaban J connectivity index is 1.52. The number of amides is 1. The molecule has 2 aliphatic heterocycles. The van der Waals surface area contributed by atoms with Crippen molar-refractivity contribution in [2.24, 2.45) is 0 Å². The molecule has 2 fully saturated rings. The number of nitrogens with one attached hydrogen (secondary N) is 1. The van der Waals surface area contributed by atoms with E-state index in [9.17, 15) is 9.90 Å². The van der Waals surface area contributed by atoms with Crippen LogP contribution in [0.25, 0.3) is 10.8 Å². The molecule has 1 spiro atoms. The van der Waals surface area contributed by atoms with Crippen LogP contribution in [-0.2, 0) is 4.74 Å². The summed E-state index contributed by atoms with van der Waals surface area (Å²) in [6.07, 6.45) is 2.80. The lowest BCUT2D eigenvalue weighted by atomic mass is 9.89. The second-order valence-electron chi connectivity index (χ2n) is 6.71. The van der Waals surface area contributed by atoms with E-state index in [1.165, 1.54) is 0 Å². The van der Waals surface area contributed by atoms with Gasteiger partial charge in [0.1, 0.15) is 5.75 Å². The minimum absolute atomic E-state index is 0.0492. The van der Waals surface area contributed by atoms with Gasteiger partial charge in [-0.2, -0.15) is 11.8 Å². The highest BCUT2D eigenvalue weighted by Crippen LogP contribution is 2.38. The number of hydrogen-bond donors (Lipinski definition) is 2. The first-order chi connectivity index (χ1) is 11.7. The Kier molecular flexibility index (Phi) is 4.14. The lowest BCUT2D eigenvalue weighted by Gasteiger charge is -2.38. The SMILES string of the molecule is O=C(N[C@H]1CCO[C@]2(CCSC2)C1)c1cc(O)c2ccccc2c1. The van der Waals surface area contributed by atoms with Crippen molar-refractivity contribution in [3.8, 4) is 5.75 Å². The highest BCUT2D eigenvalue weighted by molar-refractivity contribution is 7.99. The van der Waals surface area contributed by atoms with Gasteiger partial charge in [-0.1, -0.05) is 24.3 Å². The summed E-state index contributed by atoms with van der Waals surface area (Å²) in [5, 5.41) is 14.9. The lowest BCUT2D eigenvalue weighted by Crippen LogP contribution is -2.48. The summed E-state index contributed by atoms with van der Waals surface area (Å²) < 4.78 is 6.01. The number of carbonyl (C=O) groups is 1. The Morgan fingerprint density at radius 1 is 1.33 bits per heavy atom. The molecule has 1 amide bonds. The van der Waals surface area contributed by atoms with E-state index in [1.54, 1.807) is 6.07 Å². The number of hydrogen-bond acceptors (Lipinski definition) is 4. The molecule has 4 nitrogen and oxygen atoms in total. The van der Waals surface area contributed by atoms with Crippen LogP contribution in [0.2, 0.25) is 0 Å². The lowest BCUT2D eigenvalue weighted by molar-refractivity contribution is -0.0688. The van der Waals surface area contributed by atoms with Crippen LogP contribution in [0, 0.1) is 0 Å². The molecule has 2 heterocycles. The summed E-state index contributed by atoms with van der Waals surface area (Å²) in [6, 6.07) is 11.1. The Hall–Kier alpha value is -1.72. The van der Waals surface area contributed by atoms with E-state index in [4.69, 9.17) is 4.74 Å². The standard InChI is InChI=1S/C19H21NO3S/c21-17-10-14(9-13-3-1-2-4-16(13)17)18(22)20-15-5-7-23-19(11-15)6-8-24-12-19/h1-4,9-10,15,21H,5-8,11-12H2,(H,20,22)/t15-,19+/m0/s1. The van der Waals surface area contributed by atoms with Crippen molar-refractivity contribution < 1.29 is 14.6 Å². The third-order valence-electron chi connectivity index (χ3n) is 5.00. The summed E-state index contributed by atoms with van der Waals surface area (Å²) in [4.78, 5) is 12.6. The molecule has 0 unspecified atom stereocenters. The normalized spacial score (nSPS) is 26.8. The first kappa shape index (κ1) is 15.8. The Morgan fingerprint density at radius 3 is 3.04 bits per heavy atom. The molecular weight excluding hydrogens is 322 g/mol. The molecule has 126 valence electrons. The molecule has 2 aromatic carbocycles. The van der Waals surface area contributed by atoms with E-state index in [0.717, 1.165) is 41.5 Å². The van der Waals surface area contributed by atoms with Gasteiger partial charge in [0, 0.05) is 29.4 Å². The average molecular weight is 343 g/mol. The van der Waals surface area contributed by atoms with Gasteiger partial charge in [0.25, 0.3) is 5.91 Å². The van der Waals surface area contributed by atoms with Crippen molar-refractivity contribution in [2.45, 2.75) is 30.9 Å². The highest BCUT2D eigenvalue weighted by atomic mass is 32.2. The Labute approximate surface area is 145 Å². The molecule has 24 heavy (non-hydrogen) atoms. The third kappa shape index (κ3) is 2.98. The van der Waals surface area contributed by atoms with Crippen LogP contribution >= 0.6 is 11.8 Å². The van der Waals surface area contributed by atoms with Crippen LogP contribution in [0.3, 0.4) is 0 Å². The van der Waals surface area contributed by atoms with Gasteiger partial charge in [-0.05, 0) is 42.5 Å². The Morgan fingerprint density at radius 2 is 2.21 bits per heavy atom. The van der Waals surface area contributed by atoms with Crippen LogP contribution < -0.4 is 5.32 Å². The quantitative estimate of drug-likeness (QED) is 0.878. The minimum atomic E-state index is -0.122. The highest BCUT2D eigenvalue weighted by Gasteiger charge is 2.40. The molecule has 0 bridgehead atoms. The monoisotopic (exact) mass is 343 g/mol. The van der Waals surface area contributed by atoms with E-state index < -0.39 is 0 Å². The van der Waals surface area contributed by atoms with Gasteiger partial charge < -0.3 is 15.2 Å². The number of rotatable bonds is 2. The molecular formula is C19H21NO3S. The fraction of sp³-hybridized carbons (Fsp3) is 0.421. The smallest absolute Gasteiger partial charge is 0.251 e. The number of fused-ring (bicyclic) bond motifs is 1. The molecule has 2 aliphatic rings. The van der Waals surface area contributed by atoms with Gasteiger partial charge in [0.05, 0.1) is 5.60 Å². The maximum absolute atomic E-state index is 12.6. The maximum atomic E-state index is 12.6. The molecule has 2 atom stereocenters. The number of benzene rings is 2. The van der Waals surface area contributed by atoms with Crippen LogP contribution in [0.15, 0.2) is 36.4 Å². The van der Waals surface area contributed by atoms with Gasteiger partial charge >= 0.3 is 0 Å². The van der Waals surface area contributed by atoms with Crippen LogP contribution in [0.5, 0.6) is 5.75 Å². The molecule has 0 saturated carbocycles.